The van der Waals surface area contributed by atoms with Crippen LogP contribution in [0.3, 0.4) is 0 Å². The second kappa shape index (κ2) is 6.42. The van der Waals surface area contributed by atoms with Crippen LogP contribution in [0.4, 0.5) is 0 Å². The Kier molecular flexibility index (Phi) is 4.36. The van der Waals surface area contributed by atoms with Crippen molar-refractivity contribution in [1.82, 2.24) is 9.88 Å². The third kappa shape index (κ3) is 3.11. The second-order valence-electron chi connectivity index (χ2n) is 6.47. The zero-order valence-electron chi connectivity index (χ0n) is 13.6. The normalized spacial score (nSPS) is 17.4. The van der Waals surface area contributed by atoms with E-state index in [-0.39, 0.29) is 0 Å². The van der Waals surface area contributed by atoms with Crippen LogP contribution < -0.4 is 5.73 Å². The van der Waals surface area contributed by atoms with E-state index >= 15 is 0 Å². The van der Waals surface area contributed by atoms with Crippen LogP contribution in [0.2, 0.25) is 0 Å². The van der Waals surface area contributed by atoms with Crippen molar-refractivity contribution in [3.63, 3.8) is 0 Å². The van der Waals surface area contributed by atoms with E-state index in [4.69, 9.17) is 5.73 Å². The lowest BCUT2D eigenvalue weighted by molar-refractivity contribution is 0.277. The van der Waals surface area contributed by atoms with Crippen molar-refractivity contribution in [3.8, 4) is 0 Å². The number of aryl methyl sites for hydroxylation is 1. The van der Waals surface area contributed by atoms with Gasteiger partial charge in [-0.3, -0.25) is 4.99 Å². The van der Waals surface area contributed by atoms with Crippen LogP contribution in [0.25, 0.3) is 10.9 Å². The highest BCUT2D eigenvalue weighted by Gasteiger charge is 2.16. The van der Waals surface area contributed by atoms with Crippen molar-refractivity contribution in [2.75, 3.05) is 19.6 Å². The van der Waals surface area contributed by atoms with Gasteiger partial charge in [0, 0.05) is 36.7 Å². The fourth-order valence-corrected chi connectivity index (χ4v) is 3.20. The van der Waals surface area contributed by atoms with Gasteiger partial charge in [-0.25, -0.2) is 0 Å². The number of nitrogens with one attached hydrogen (secondary N) is 1. The first-order valence-electron chi connectivity index (χ1n) is 8.25. The van der Waals surface area contributed by atoms with E-state index in [1.54, 1.807) is 0 Å². The predicted molar refractivity (Wildman–Crippen MR) is 93.2 cm³/mol. The molecule has 0 aliphatic carbocycles. The third-order valence-corrected chi connectivity index (χ3v) is 4.77. The number of guanidine groups is 1. The molecule has 1 aromatic heterocycles. The summed E-state index contributed by atoms with van der Waals surface area (Å²) in [4.78, 5) is 10.2. The van der Waals surface area contributed by atoms with Gasteiger partial charge in [0.1, 0.15) is 0 Å². The maximum absolute atomic E-state index is 6.14. The van der Waals surface area contributed by atoms with E-state index in [2.05, 4.69) is 53.1 Å². The van der Waals surface area contributed by atoms with Crippen LogP contribution in [-0.4, -0.2) is 35.5 Å². The van der Waals surface area contributed by atoms with Crippen LogP contribution in [0.15, 0.2) is 29.4 Å². The van der Waals surface area contributed by atoms with Crippen LogP contribution in [0.5, 0.6) is 0 Å². The number of benzene rings is 1. The summed E-state index contributed by atoms with van der Waals surface area (Å²) in [5, 5.41) is 1.31. The monoisotopic (exact) mass is 298 g/mol. The van der Waals surface area contributed by atoms with E-state index in [1.807, 2.05) is 0 Å². The molecule has 2 heterocycles. The number of H-pyrrole nitrogens is 1. The molecule has 0 bridgehead atoms. The summed E-state index contributed by atoms with van der Waals surface area (Å²) < 4.78 is 0. The Hall–Kier alpha value is -1.97. The number of nitrogens with two attached hydrogens (primary N) is 1. The average molecular weight is 298 g/mol. The number of hydrogen-bond acceptors (Lipinski definition) is 1. The molecule has 1 aromatic carbocycles. The quantitative estimate of drug-likeness (QED) is 0.676. The number of hydrogen-bond donors (Lipinski definition) is 2. The molecule has 22 heavy (non-hydrogen) atoms. The minimum atomic E-state index is 0.711. The van der Waals surface area contributed by atoms with Gasteiger partial charge in [0.25, 0.3) is 0 Å². The summed E-state index contributed by atoms with van der Waals surface area (Å²) in [6.45, 7) is 7.28. The largest absolute Gasteiger partial charge is 0.370 e. The van der Waals surface area contributed by atoms with Crippen molar-refractivity contribution in [1.29, 1.82) is 0 Å². The number of aromatic nitrogens is 1. The van der Waals surface area contributed by atoms with Gasteiger partial charge in [0.05, 0.1) is 0 Å². The Labute approximate surface area is 132 Å². The van der Waals surface area contributed by atoms with Gasteiger partial charge in [0.15, 0.2) is 5.96 Å². The van der Waals surface area contributed by atoms with Crippen molar-refractivity contribution in [3.05, 3.63) is 35.5 Å². The average Bonchev–Trinajstić information content (AvgIpc) is 2.93. The fourth-order valence-electron chi connectivity index (χ4n) is 3.20. The maximum atomic E-state index is 6.14. The number of likely N-dealkylation sites (tertiary alicyclic amines) is 1. The summed E-state index contributed by atoms with van der Waals surface area (Å²) in [5.41, 5.74) is 9.98. The second-order valence-corrected chi connectivity index (χ2v) is 6.47. The Morgan fingerprint density at radius 2 is 2.14 bits per heavy atom. The van der Waals surface area contributed by atoms with Crippen molar-refractivity contribution < 1.29 is 0 Å². The molecule has 4 nitrogen and oxygen atoms in total. The van der Waals surface area contributed by atoms with Gasteiger partial charge in [-0.2, -0.15) is 0 Å². The maximum Gasteiger partial charge on any atom is 0.191 e. The van der Waals surface area contributed by atoms with Gasteiger partial charge < -0.3 is 15.6 Å². The number of nitrogens with zero attached hydrogens (tertiary/aromatic N) is 2. The summed E-state index contributed by atoms with van der Waals surface area (Å²) >= 11 is 0. The van der Waals surface area contributed by atoms with Crippen LogP contribution >= 0.6 is 0 Å². The van der Waals surface area contributed by atoms with Crippen LogP contribution in [0, 0.1) is 12.8 Å². The molecule has 3 N–H and O–H groups in total. The molecule has 3 rings (SSSR count). The van der Waals surface area contributed by atoms with Gasteiger partial charge in [-0.15, -0.1) is 0 Å². The topological polar surface area (TPSA) is 57.4 Å². The molecule has 0 saturated carbocycles. The zero-order valence-corrected chi connectivity index (χ0v) is 13.6. The molecule has 4 heteroatoms. The van der Waals surface area contributed by atoms with Crippen molar-refractivity contribution >= 4 is 16.9 Å². The molecule has 1 saturated heterocycles. The fraction of sp³-hybridized carbons (Fsp3) is 0.500. The lowest BCUT2D eigenvalue weighted by atomic mass is 10.00. The Morgan fingerprint density at radius 1 is 1.36 bits per heavy atom. The smallest absolute Gasteiger partial charge is 0.191 e. The Bertz CT molecular complexity index is 663. The van der Waals surface area contributed by atoms with E-state index in [1.165, 1.54) is 34.9 Å². The lowest BCUT2D eigenvalue weighted by Crippen LogP contribution is -2.42. The first kappa shape index (κ1) is 14.9. The molecule has 0 spiro atoms. The minimum absolute atomic E-state index is 0.711. The molecule has 1 aliphatic heterocycles. The summed E-state index contributed by atoms with van der Waals surface area (Å²) in [6, 6.07) is 6.42. The van der Waals surface area contributed by atoms with Gasteiger partial charge in [0.2, 0.25) is 0 Å². The first-order valence-corrected chi connectivity index (χ1v) is 8.25. The molecule has 0 amide bonds. The number of fused-ring (bicyclic) bond motifs is 1. The molecule has 118 valence electrons. The van der Waals surface area contributed by atoms with E-state index in [9.17, 15) is 0 Å². The molecule has 0 radical (unpaired) electrons. The lowest BCUT2D eigenvalue weighted by Gasteiger charge is -2.31. The van der Waals surface area contributed by atoms with Gasteiger partial charge in [-0.1, -0.05) is 25.1 Å². The number of aromatic amines is 1. The molecule has 0 atom stereocenters. The minimum Gasteiger partial charge on any atom is -0.370 e. The Morgan fingerprint density at radius 3 is 2.91 bits per heavy atom. The van der Waals surface area contributed by atoms with Gasteiger partial charge in [-0.05, 0) is 43.2 Å². The zero-order chi connectivity index (χ0) is 15.5. The van der Waals surface area contributed by atoms with E-state index in [0.29, 0.717) is 5.96 Å². The van der Waals surface area contributed by atoms with Crippen LogP contribution in [-0.2, 0) is 6.42 Å². The van der Waals surface area contributed by atoms with Crippen molar-refractivity contribution in [2.45, 2.75) is 33.1 Å². The Balaban J connectivity index is 1.62. The highest BCUT2D eigenvalue weighted by atomic mass is 15.3. The number of rotatable bonds is 3. The molecule has 0 unspecified atom stereocenters. The summed E-state index contributed by atoms with van der Waals surface area (Å²) in [5.74, 6) is 1.53. The van der Waals surface area contributed by atoms with E-state index < -0.39 is 0 Å². The molecular formula is C18H26N4. The van der Waals surface area contributed by atoms with Gasteiger partial charge >= 0.3 is 0 Å². The van der Waals surface area contributed by atoms with Crippen LogP contribution in [0.1, 0.15) is 30.9 Å². The molecule has 2 aromatic rings. The first-order chi connectivity index (χ1) is 10.6. The van der Waals surface area contributed by atoms with E-state index in [0.717, 1.165) is 32.0 Å². The SMILES string of the molecule is Cc1cccc2c(CCN=C(N)N3CCC(C)CC3)c[nH]c12. The van der Waals surface area contributed by atoms with Crippen molar-refractivity contribution in [2.24, 2.45) is 16.6 Å². The number of aliphatic imine (C=N–C) groups is 1. The standard InChI is InChI=1S/C18H26N4/c1-13-7-10-22(11-8-13)18(19)20-9-6-15-12-21-17-14(2)4-3-5-16(15)17/h3-5,12-13,21H,6-11H2,1-2H3,(H2,19,20). The number of piperidine rings is 1. The molecular weight excluding hydrogens is 272 g/mol. The number of para-hydroxylation sites is 1. The summed E-state index contributed by atoms with van der Waals surface area (Å²) in [6.07, 6.45) is 5.47. The third-order valence-electron chi connectivity index (χ3n) is 4.77. The molecule has 1 aliphatic rings. The highest BCUT2D eigenvalue weighted by molar-refractivity contribution is 5.86. The summed E-state index contributed by atoms with van der Waals surface area (Å²) in [7, 11) is 0. The molecule has 1 fully saturated rings. The highest BCUT2D eigenvalue weighted by Crippen LogP contribution is 2.21. The predicted octanol–water partition coefficient (Wildman–Crippen LogP) is 3.07.